The molecule has 2 N–H and O–H groups in total. The second-order valence-electron chi connectivity index (χ2n) is 11.8. The smallest absolute Gasteiger partial charge is 0.0727 e. The van der Waals surface area contributed by atoms with Crippen molar-refractivity contribution in [1.82, 2.24) is 5.32 Å². The van der Waals surface area contributed by atoms with Gasteiger partial charge in [0.1, 0.15) is 0 Å². The average molecular weight is 372 g/mol. The van der Waals surface area contributed by atoms with E-state index in [1.807, 2.05) is 6.92 Å². The van der Waals surface area contributed by atoms with Crippen molar-refractivity contribution in [2.45, 2.75) is 91.7 Å². The first-order chi connectivity index (χ1) is 12.7. The van der Waals surface area contributed by atoms with Gasteiger partial charge in [-0.3, -0.25) is 0 Å². The van der Waals surface area contributed by atoms with E-state index in [2.05, 4.69) is 46.1 Å². The fraction of sp³-hybridized carbons (Fsp3) is 0.920. The van der Waals surface area contributed by atoms with Gasteiger partial charge < -0.3 is 10.4 Å². The first kappa shape index (κ1) is 18.7. The molecule has 2 heteroatoms. The summed E-state index contributed by atoms with van der Waals surface area (Å²) in [5.74, 6) is 3.46. The number of allylic oxidation sites excluding steroid dienone is 1. The molecule has 27 heavy (non-hydrogen) atoms. The molecule has 9 atom stereocenters. The molecule has 5 rings (SSSR count). The minimum atomic E-state index is -0.263. The maximum Gasteiger partial charge on any atom is 0.0727 e. The molecule has 4 saturated carbocycles. The van der Waals surface area contributed by atoms with E-state index in [4.69, 9.17) is 0 Å². The largest absolute Gasteiger partial charge is 0.389 e. The Bertz CT molecular complexity index is 680. The summed E-state index contributed by atoms with van der Waals surface area (Å²) < 4.78 is 0. The van der Waals surface area contributed by atoms with E-state index in [1.54, 1.807) is 0 Å². The molecule has 5 aliphatic rings. The van der Waals surface area contributed by atoms with E-state index in [0.29, 0.717) is 22.3 Å². The maximum absolute atomic E-state index is 10.4. The van der Waals surface area contributed by atoms with Crippen LogP contribution in [-0.2, 0) is 0 Å². The fourth-order valence-electron chi connectivity index (χ4n) is 10.4. The Balaban J connectivity index is 1.52. The molecule has 2 spiro atoms. The van der Waals surface area contributed by atoms with Crippen LogP contribution in [-0.4, -0.2) is 24.3 Å². The van der Waals surface area contributed by atoms with E-state index in [1.165, 1.54) is 50.5 Å². The summed E-state index contributed by atoms with van der Waals surface area (Å²) in [4.78, 5) is 0. The Labute approximate surface area is 166 Å². The molecule has 9 unspecified atom stereocenters. The first-order valence-corrected chi connectivity index (χ1v) is 11.7. The van der Waals surface area contributed by atoms with Crippen LogP contribution in [0.15, 0.2) is 11.6 Å². The zero-order chi connectivity index (χ0) is 19.4. The molecule has 0 saturated heterocycles. The molecule has 0 heterocycles. The van der Waals surface area contributed by atoms with Gasteiger partial charge in [0.05, 0.1) is 6.10 Å². The highest BCUT2D eigenvalue weighted by Gasteiger charge is 2.83. The number of fused-ring (bicyclic) bond motifs is 2. The normalized spacial score (nSPS) is 56.3. The summed E-state index contributed by atoms with van der Waals surface area (Å²) in [6.45, 7) is 12.2. The highest BCUT2D eigenvalue weighted by atomic mass is 16.3. The minimum absolute atomic E-state index is 0.262. The standard InChI is InChI=1S/C25H41NO/c1-15(27)17-7-8-18-19-9-10-20-22(3,4)21(26-6)11-12-25(20)16(2)24(19,25)14-13-23(17,18)5/h7,15-16,18-21,26-27H,8-14H2,1-6H3. The summed E-state index contributed by atoms with van der Waals surface area (Å²) in [6.07, 6.45) is 11.8. The van der Waals surface area contributed by atoms with E-state index in [0.717, 1.165) is 23.7 Å². The Hall–Kier alpha value is -0.340. The summed E-state index contributed by atoms with van der Waals surface area (Å²) >= 11 is 0. The number of hydrogen-bond donors (Lipinski definition) is 2. The van der Waals surface area contributed by atoms with E-state index in [-0.39, 0.29) is 11.5 Å². The van der Waals surface area contributed by atoms with Gasteiger partial charge in [-0.2, -0.15) is 0 Å². The molecule has 0 bridgehead atoms. The Morgan fingerprint density at radius 2 is 1.78 bits per heavy atom. The lowest BCUT2D eigenvalue weighted by atomic mass is 9.46. The van der Waals surface area contributed by atoms with Crippen molar-refractivity contribution in [3.8, 4) is 0 Å². The first-order valence-electron chi connectivity index (χ1n) is 11.7. The molecule has 0 aromatic rings. The van der Waals surface area contributed by atoms with Crippen LogP contribution >= 0.6 is 0 Å². The molecule has 0 aliphatic heterocycles. The van der Waals surface area contributed by atoms with Crippen molar-refractivity contribution in [2.24, 2.45) is 45.3 Å². The van der Waals surface area contributed by atoms with Gasteiger partial charge >= 0.3 is 0 Å². The molecule has 4 fully saturated rings. The molecule has 152 valence electrons. The molecule has 0 aromatic carbocycles. The predicted octanol–water partition coefficient (Wildman–Crippen LogP) is 5.17. The molecule has 0 radical (unpaired) electrons. The summed E-state index contributed by atoms with van der Waals surface area (Å²) in [5.41, 5.74) is 3.26. The van der Waals surface area contributed by atoms with E-state index < -0.39 is 0 Å². The number of nitrogens with one attached hydrogen (secondary N) is 1. The zero-order valence-electron chi connectivity index (χ0n) is 18.4. The van der Waals surface area contributed by atoms with Gasteiger partial charge in [-0.15, -0.1) is 0 Å². The highest BCUT2D eigenvalue weighted by Crippen LogP contribution is 2.89. The quantitative estimate of drug-likeness (QED) is 0.656. The lowest BCUT2D eigenvalue weighted by Crippen LogP contribution is -2.56. The topological polar surface area (TPSA) is 32.3 Å². The third-order valence-electron chi connectivity index (χ3n) is 11.4. The van der Waals surface area contributed by atoms with Crippen LogP contribution in [0.2, 0.25) is 0 Å². The number of hydrogen-bond acceptors (Lipinski definition) is 2. The van der Waals surface area contributed by atoms with Gasteiger partial charge in [0.15, 0.2) is 0 Å². The van der Waals surface area contributed by atoms with E-state index >= 15 is 0 Å². The third kappa shape index (κ3) is 1.87. The van der Waals surface area contributed by atoms with Gasteiger partial charge in [-0.25, -0.2) is 0 Å². The van der Waals surface area contributed by atoms with Crippen LogP contribution in [0.3, 0.4) is 0 Å². The van der Waals surface area contributed by atoms with Crippen molar-refractivity contribution < 1.29 is 5.11 Å². The summed E-state index contributed by atoms with van der Waals surface area (Å²) in [7, 11) is 2.18. The Morgan fingerprint density at radius 3 is 2.44 bits per heavy atom. The molecule has 5 aliphatic carbocycles. The van der Waals surface area contributed by atoms with Crippen molar-refractivity contribution in [1.29, 1.82) is 0 Å². The van der Waals surface area contributed by atoms with Crippen LogP contribution in [0.25, 0.3) is 0 Å². The van der Waals surface area contributed by atoms with Crippen LogP contribution in [0.5, 0.6) is 0 Å². The van der Waals surface area contributed by atoms with Gasteiger partial charge in [-0.1, -0.05) is 33.8 Å². The predicted molar refractivity (Wildman–Crippen MR) is 111 cm³/mol. The van der Waals surface area contributed by atoms with Crippen molar-refractivity contribution >= 4 is 0 Å². The van der Waals surface area contributed by atoms with E-state index in [9.17, 15) is 5.11 Å². The zero-order valence-corrected chi connectivity index (χ0v) is 18.4. The van der Waals surface area contributed by atoms with Crippen molar-refractivity contribution in [3.63, 3.8) is 0 Å². The SMILES string of the molecule is CNC1CCC23C(CCC4C5CC=C(C(C)O)C5(C)CCC42C3C)C1(C)C. The number of aliphatic hydroxyl groups is 1. The van der Waals surface area contributed by atoms with Gasteiger partial charge in [-0.05, 0) is 110 Å². The number of rotatable bonds is 2. The van der Waals surface area contributed by atoms with Gasteiger partial charge in [0.2, 0.25) is 0 Å². The summed E-state index contributed by atoms with van der Waals surface area (Å²) in [6, 6.07) is 0.679. The molecule has 2 nitrogen and oxygen atoms in total. The van der Waals surface area contributed by atoms with Crippen molar-refractivity contribution in [3.05, 3.63) is 11.6 Å². The maximum atomic E-state index is 10.4. The second kappa shape index (κ2) is 5.42. The van der Waals surface area contributed by atoms with Crippen LogP contribution in [0, 0.1) is 45.3 Å². The Morgan fingerprint density at radius 1 is 1.04 bits per heavy atom. The second-order valence-corrected chi connectivity index (χ2v) is 11.8. The van der Waals surface area contributed by atoms with Crippen LogP contribution in [0.4, 0.5) is 0 Å². The summed E-state index contributed by atoms with van der Waals surface area (Å²) in [5, 5.41) is 14.1. The molecular weight excluding hydrogens is 330 g/mol. The van der Waals surface area contributed by atoms with Gasteiger partial charge in [0, 0.05) is 6.04 Å². The Kier molecular flexibility index (Phi) is 3.75. The fourth-order valence-corrected chi connectivity index (χ4v) is 10.4. The van der Waals surface area contributed by atoms with Crippen LogP contribution in [0.1, 0.15) is 79.6 Å². The third-order valence-corrected chi connectivity index (χ3v) is 11.4. The molecule has 0 amide bonds. The van der Waals surface area contributed by atoms with Crippen LogP contribution < -0.4 is 5.32 Å². The van der Waals surface area contributed by atoms with Gasteiger partial charge in [0.25, 0.3) is 0 Å². The lowest BCUT2D eigenvalue weighted by molar-refractivity contribution is -0.0921. The van der Waals surface area contributed by atoms with Crippen molar-refractivity contribution in [2.75, 3.05) is 7.05 Å². The number of aliphatic hydroxyl groups excluding tert-OH is 1. The molecule has 0 aromatic heterocycles. The highest BCUT2D eigenvalue weighted by molar-refractivity contribution is 5.36. The molecular formula is C25H41NO. The monoisotopic (exact) mass is 371 g/mol. The average Bonchev–Trinajstić information content (AvgIpc) is 2.93. The lowest BCUT2D eigenvalue weighted by Gasteiger charge is -2.59. The minimum Gasteiger partial charge on any atom is -0.389 e.